The van der Waals surface area contributed by atoms with E-state index in [1.807, 2.05) is 0 Å². The van der Waals surface area contributed by atoms with Crippen LogP contribution in [0.2, 0.25) is 5.02 Å². The lowest BCUT2D eigenvalue weighted by Crippen LogP contribution is -2.42. The fraction of sp³-hybridized carbons (Fsp3) is 0.462. The number of carbonyl (C=O) groups excluding carboxylic acids is 1. The van der Waals surface area contributed by atoms with Crippen LogP contribution in [-0.2, 0) is 11.3 Å². The zero-order chi connectivity index (χ0) is 13.1. The number of benzene rings is 1. The normalized spacial score (nSPS) is 16.4. The second-order valence-corrected chi connectivity index (χ2v) is 5.06. The molecule has 1 unspecified atom stereocenters. The Bertz CT molecular complexity index is 449. The molecule has 0 spiro atoms. The van der Waals surface area contributed by atoms with E-state index in [1.54, 1.807) is 19.1 Å². The van der Waals surface area contributed by atoms with Gasteiger partial charge in [0.25, 0.3) is 0 Å². The molecule has 98 valence electrons. The van der Waals surface area contributed by atoms with E-state index < -0.39 is 0 Å². The summed E-state index contributed by atoms with van der Waals surface area (Å²) in [5.41, 5.74) is 0.505. The molecule has 2 N–H and O–H groups in total. The largest absolute Gasteiger partial charge is 0.352 e. The van der Waals surface area contributed by atoms with Gasteiger partial charge in [-0.1, -0.05) is 17.7 Å². The maximum absolute atomic E-state index is 13.5. The molecule has 1 amide bonds. The Hall–Kier alpha value is -1.13. The fourth-order valence-corrected chi connectivity index (χ4v) is 1.73. The zero-order valence-electron chi connectivity index (χ0n) is 10.2. The summed E-state index contributed by atoms with van der Waals surface area (Å²) in [5, 5.41) is 6.27. The molecular formula is C13H16ClFN2O. The number of rotatable bonds is 5. The summed E-state index contributed by atoms with van der Waals surface area (Å²) in [6.07, 6.45) is 2.12. The number of carbonyl (C=O) groups is 1. The Balaban J connectivity index is 1.84. The third-order valence-electron chi connectivity index (χ3n) is 2.93. The molecule has 1 fully saturated rings. The van der Waals surface area contributed by atoms with Crippen LogP contribution in [0.5, 0.6) is 0 Å². The van der Waals surface area contributed by atoms with E-state index in [0.717, 1.165) is 12.8 Å². The average Bonchev–Trinajstić information content (AvgIpc) is 3.11. The number of hydrogen-bond donors (Lipinski definition) is 2. The minimum Gasteiger partial charge on any atom is -0.352 e. The molecule has 0 bridgehead atoms. The van der Waals surface area contributed by atoms with Gasteiger partial charge >= 0.3 is 0 Å². The lowest BCUT2D eigenvalue weighted by atomic mass is 10.2. The van der Waals surface area contributed by atoms with E-state index in [0.29, 0.717) is 23.2 Å². The van der Waals surface area contributed by atoms with Gasteiger partial charge in [-0.2, -0.15) is 0 Å². The van der Waals surface area contributed by atoms with Crippen molar-refractivity contribution in [2.75, 3.05) is 0 Å². The highest BCUT2D eigenvalue weighted by atomic mass is 35.5. The van der Waals surface area contributed by atoms with Crippen molar-refractivity contribution in [3.63, 3.8) is 0 Å². The Labute approximate surface area is 111 Å². The molecule has 1 aliphatic rings. The van der Waals surface area contributed by atoms with Gasteiger partial charge in [0, 0.05) is 23.2 Å². The van der Waals surface area contributed by atoms with Gasteiger partial charge in [0.05, 0.1) is 6.04 Å². The van der Waals surface area contributed by atoms with Crippen LogP contribution in [0.4, 0.5) is 4.39 Å². The molecule has 3 nitrogen and oxygen atoms in total. The molecule has 5 heteroatoms. The van der Waals surface area contributed by atoms with E-state index in [4.69, 9.17) is 11.6 Å². The van der Waals surface area contributed by atoms with Gasteiger partial charge in [-0.15, -0.1) is 0 Å². The first kappa shape index (κ1) is 13.3. The van der Waals surface area contributed by atoms with Gasteiger partial charge in [-0.05, 0) is 31.9 Å². The summed E-state index contributed by atoms with van der Waals surface area (Å²) in [6.45, 7) is 2.08. The Kier molecular flexibility index (Phi) is 4.19. The van der Waals surface area contributed by atoms with E-state index in [1.165, 1.54) is 6.07 Å². The standard InChI is InChI=1S/C13H16ClFN2O/c1-8(13(18)17-11-4-5-11)16-7-9-2-3-10(14)6-12(9)15/h2-3,6,8,11,16H,4-5,7H2,1H3,(H,17,18). The molecule has 0 aliphatic heterocycles. The van der Waals surface area contributed by atoms with Gasteiger partial charge in [0.15, 0.2) is 0 Å². The molecule has 0 aromatic heterocycles. The van der Waals surface area contributed by atoms with Crippen molar-refractivity contribution >= 4 is 17.5 Å². The highest BCUT2D eigenvalue weighted by Gasteiger charge is 2.25. The Morgan fingerprint density at radius 1 is 1.56 bits per heavy atom. The predicted octanol–water partition coefficient (Wildman–Crippen LogP) is 2.24. The summed E-state index contributed by atoms with van der Waals surface area (Å²) < 4.78 is 13.5. The number of amides is 1. The minimum atomic E-state index is -0.357. The molecule has 1 atom stereocenters. The number of halogens is 2. The van der Waals surface area contributed by atoms with Crippen molar-refractivity contribution in [1.82, 2.24) is 10.6 Å². The zero-order valence-corrected chi connectivity index (χ0v) is 10.9. The van der Waals surface area contributed by atoms with Crippen LogP contribution < -0.4 is 10.6 Å². The van der Waals surface area contributed by atoms with Crippen molar-refractivity contribution in [2.45, 2.75) is 38.4 Å². The first-order valence-corrected chi connectivity index (χ1v) is 6.42. The summed E-state index contributed by atoms with van der Waals surface area (Å²) in [4.78, 5) is 11.7. The second-order valence-electron chi connectivity index (χ2n) is 4.62. The molecular weight excluding hydrogens is 255 g/mol. The molecule has 1 aliphatic carbocycles. The number of nitrogens with one attached hydrogen (secondary N) is 2. The Morgan fingerprint density at radius 2 is 2.28 bits per heavy atom. The highest BCUT2D eigenvalue weighted by molar-refractivity contribution is 6.30. The lowest BCUT2D eigenvalue weighted by molar-refractivity contribution is -0.122. The first-order chi connectivity index (χ1) is 8.56. The van der Waals surface area contributed by atoms with Crippen LogP contribution in [-0.4, -0.2) is 18.0 Å². The maximum atomic E-state index is 13.5. The smallest absolute Gasteiger partial charge is 0.237 e. The predicted molar refractivity (Wildman–Crippen MR) is 68.9 cm³/mol. The summed E-state index contributed by atoms with van der Waals surface area (Å²) >= 11 is 5.67. The fourth-order valence-electron chi connectivity index (χ4n) is 1.57. The van der Waals surface area contributed by atoms with E-state index in [-0.39, 0.29) is 17.8 Å². The van der Waals surface area contributed by atoms with Crippen LogP contribution in [0, 0.1) is 5.82 Å². The highest BCUT2D eigenvalue weighted by Crippen LogP contribution is 2.18. The van der Waals surface area contributed by atoms with E-state index >= 15 is 0 Å². The molecule has 1 aromatic carbocycles. The average molecular weight is 271 g/mol. The van der Waals surface area contributed by atoms with Crippen molar-refractivity contribution in [3.8, 4) is 0 Å². The van der Waals surface area contributed by atoms with Gasteiger partial charge in [-0.3, -0.25) is 4.79 Å². The Morgan fingerprint density at radius 3 is 2.89 bits per heavy atom. The topological polar surface area (TPSA) is 41.1 Å². The van der Waals surface area contributed by atoms with Crippen molar-refractivity contribution in [3.05, 3.63) is 34.6 Å². The first-order valence-electron chi connectivity index (χ1n) is 6.04. The van der Waals surface area contributed by atoms with Crippen molar-refractivity contribution < 1.29 is 9.18 Å². The molecule has 0 heterocycles. The molecule has 0 radical (unpaired) electrons. The monoisotopic (exact) mass is 270 g/mol. The summed E-state index contributed by atoms with van der Waals surface area (Å²) in [5.74, 6) is -0.392. The van der Waals surface area contributed by atoms with Crippen LogP contribution in [0.1, 0.15) is 25.3 Å². The van der Waals surface area contributed by atoms with E-state index in [9.17, 15) is 9.18 Å². The molecule has 0 saturated heterocycles. The van der Waals surface area contributed by atoms with Crippen LogP contribution in [0.3, 0.4) is 0 Å². The molecule has 1 saturated carbocycles. The van der Waals surface area contributed by atoms with Crippen molar-refractivity contribution in [2.24, 2.45) is 0 Å². The van der Waals surface area contributed by atoms with Crippen LogP contribution >= 0.6 is 11.6 Å². The van der Waals surface area contributed by atoms with Gasteiger partial charge in [0.1, 0.15) is 5.82 Å². The van der Waals surface area contributed by atoms with Gasteiger partial charge in [0.2, 0.25) is 5.91 Å². The van der Waals surface area contributed by atoms with Crippen LogP contribution in [0.25, 0.3) is 0 Å². The van der Waals surface area contributed by atoms with Gasteiger partial charge in [-0.25, -0.2) is 4.39 Å². The second kappa shape index (κ2) is 5.67. The third-order valence-corrected chi connectivity index (χ3v) is 3.17. The van der Waals surface area contributed by atoms with Crippen LogP contribution in [0.15, 0.2) is 18.2 Å². The van der Waals surface area contributed by atoms with Crippen molar-refractivity contribution in [1.29, 1.82) is 0 Å². The third kappa shape index (κ3) is 3.68. The molecule has 1 aromatic rings. The van der Waals surface area contributed by atoms with Gasteiger partial charge < -0.3 is 10.6 Å². The minimum absolute atomic E-state index is 0.0353. The maximum Gasteiger partial charge on any atom is 0.237 e. The SMILES string of the molecule is CC(NCc1ccc(Cl)cc1F)C(=O)NC1CC1. The summed E-state index contributed by atoms with van der Waals surface area (Å²) in [7, 11) is 0. The molecule has 2 rings (SSSR count). The molecule has 18 heavy (non-hydrogen) atoms. The number of hydrogen-bond acceptors (Lipinski definition) is 2. The van der Waals surface area contributed by atoms with E-state index in [2.05, 4.69) is 10.6 Å². The summed E-state index contributed by atoms with van der Waals surface area (Å²) in [6, 6.07) is 4.54. The lowest BCUT2D eigenvalue weighted by Gasteiger charge is -2.14. The quantitative estimate of drug-likeness (QED) is 0.862.